The van der Waals surface area contributed by atoms with E-state index in [1.165, 1.54) is 32.1 Å². The molecule has 0 bridgehead atoms. The molecule has 3 heteroatoms. The number of carbonyl (C=O) groups excluding carboxylic acids is 2. The number of carbonyl (C=O) groups is 2. The first-order valence-electron chi connectivity index (χ1n) is 9.05. The van der Waals surface area contributed by atoms with E-state index in [2.05, 4.69) is 13.5 Å². The molecule has 0 amide bonds. The summed E-state index contributed by atoms with van der Waals surface area (Å²) in [4.78, 5) is 23.0. The average Bonchev–Trinajstić information content (AvgIpc) is 2.49. The Morgan fingerprint density at radius 3 is 1.73 bits per heavy atom. The molecule has 3 nitrogen and oxygen atoms in total. The summed E-state index contributed by atoms with van der Waals surface area (Å²) in [5.41, 5.74) is 0. The van der Waals surface area contributed by atoms with Crippen molar-refractivity contribution in [2.24, 2.45) is 0 Å². The lowest BCUT2D eigenvalue weighted by molar-refractivity contribution is -0.159. The van der Waals surface area contributed by atoms with Crippen LogP contribution in [-0.4, -0.2) is 11.9 Å². The second-order valence-electron chi connectivity index (χ2n) is 5.96. The van der Waals surface area contributed by atoms with Gasteiger partial charge < -0.3 is 4.74 Å². The molecule has 0 aliphatic carbocycles. The van der Waals surface area contributed by atoms with E-state index in [-0.39, 0.29) is 11.9 Å². The van der Waals surface area contributed by atoms with E-state index < -0.39 is 0 Å². The van der Waals surface area contributed by atoms with E-state index in [9.17, 15) is 9.59 Å². The Balaban J connectivity index is 3.37. The summed E-state index contributed by atoms with van der Waals surface area (Å²) in [6.45, 7) is 5.86. The average molecular weight is 310 g/mol. The van der Waals surface area contributed by atoms with E-state index in [0.717, 1.165) is 44.9 Å². The normalized spacial score (nSPS) is 10.4. The predicted molar refractivity (Wildman–Crippen MR) is 91.6 cm³/mol. The second kappa shape index (κ2) is 16.3. The molecule has 0 unspecified atom stereocenters. The van der Waals surface area contributed by atoms with E-state index >= 15 is 0 Å². The van der Waals surface area contributed by atoms with Crippen LogP contribution in [0.1, 0.15) is 96.8 Å². The van der Waals surface area contributed by atoms with Crippen LogP contribution in [0.5, 0.6) is 0 Å². The number of rotatable bonds is 15. The van der Waals surface area contributed by atoms with Gasteiger partial charge >= 0.3 is 11.9 Å². The first-order valence-corrected chi connectivity index (χ1v) is 9.05. The molecule has 0 aliphatic heterocycles. The first kappa shape index (κ1) is 20.9. The number of allylic oxidation sites excluding steroid dienone is 1. The van der Waals surface area contributed by atoms with Gasteiger partial charge in [-0.1, -0.05) is 64.4 Å². The van der Waals surface area contributed by atoms with Gasteiger partial charge in [-0.3, -0.25) is 9.59 Å². The lowest BCUT2D eigenvalue weighted by Gasteiger charge is -2.04. The van der Waals surface area contributed by atoms with Gasteiger partial charge in [-0.05, 0) is 25.7 Å². The van der Waals surface area contributed by atoms with Crippen molar-refractivity contribution in [2.75, 3.05) is 0 Å². The molecule has 0 aromatic carbocycles. The first-order chi connectivity index (χ1) is 10.7. The number of esters is 2. The summed E-state index contributed by atoms with van der Waals surface area (Å²) < 4.78 is 4.83. The molecular formula is C19H34O3. The monoisotopic (exact) mass is 310 g/mol. The number of hydrogen-bond donors (Lipinski definition) is 0. The molecular weight excluding hydrogens is 276 g/mol. The zero-order chi connectivity index (χ0) is 16.5. The van der Waals surface area contributed by atoms with Gasteiger partial charge in [-0.15, -0.1) is 6.58 Å². The third-order valence-corrected chi connectivity index (χ3v) is 3.75. The van der Waals surface area contributed by atoms with Gasteiger partial charge in [0.1, 0.15) is 0 Å². The SMILES string of the molecule is C=CCCCCCCCCC(=O)OC(=O)CCCCCCC. The molecule has 0 aromatic heterocycles. The summed E-state index contributed by atoms with van der Waals surface area (Å²) in [6.07, 6.45) is 15.9. The van der Waals surface area contributed by atoms with Crippen LogP contribution in [-0.2, 0) is 14.3 Å². The van der Waals surface area contributed by atoms with E-state index in [0.29, 0.717) is 12.8 Å². The topological polar surface area (TPSA) is 43.4 Å². The maximum absolute atomic E-state index is 11.5. The predicted octanol–water partition coefficient (Wildman–Crippen LogP) is 5.72. The molecule has 0 rings (SSSR count). The fraction of sp³-hybridized carbons (Fsp3) is 0.789. The fourth-order valence-corrected chi connectivity index (χ4v) is 2.37. The lowest BCUT2D eigenvalue weighted by atomic mass is 10.1. The van der Waals surface area contributed by atoms with Crippen molar-refractivity contribution in [3.63, 3.8) is 0 Å². The Bertz CT molecular complexity index is 297. The maximum atomic E-state index is 11.5. The largest absolute Gasteiger partial charge is 0.393 e. The van der Waals surface area contributed by atoms with Crippen molar-refractivity contribution in [1.29, 1.82) is 0 Å². The van der Waals surface area contributed by atoms with Crippen LogP contribution in [0.3, 0.4) is 0 Å². The van der Waals surface area contributed by atoms with E-state index in [4.69, 9.17) is 4.74 Å². The zero-order valence-electron chi connectivity index (χ0n) is 14.4. The number of unbranched alkanes of at least 4 members (excludes halogenated alkanes) is 10. The van der Waals surface area contributed by atoms with Crippen molar-refractivity contribution < 1.29 is 14.3 Å². The van der Waals surface area contributed by atoms with Crippen LogP contribution in [0.2, 0.25) is 0 Å². The molecule has 0 N–H and O–H groups in total. The van der Waals surface area contributed by atoms with Crippen LogP contribution in [0, 0.1) is 0 Å². The molecule has 0 aromatic rings. The summed E-state index contributed by atoms with van der Waals surface area (Å²) in [5, 5.41) is 0. The smallest absolute Gasteiger partial charge is 0.313 e. The van der Waals surface area contributed by atoms with Crippen LogP contribution >= 0.6 is 0 Å². The zero-order valence-corrected chi connectivity index (χ0v) is 14.4. The fourth-order valence-electron chi connectivity index (χ4n) is 2.37. The Morgan fingerprint density at radius 2 is 1.23 bits per heavy atom. The molecule has 0 atom stereocenters. The van der Waals surface area contributed by atoms with Crippen LogP contribution < -0.4 is 0 Å². The van der Waals surface area contributed by atoms with E-state index in [1.54, 1.807) is 0 Å². The highest BCUT2D eigenvalue weighted by atomic mass is 16.6. The van der Waals surface area contributed by atoms with Crippen molar-refractivity contribution in [2.45, 2.75) is 96.8 Å². The molecule has 22 heavy (non-hydrogen) atoms. The van der Waals surface area contributed by atoms with Crippen LogP contribution in [0.4, 0.5) is 0 Å². The summed E-state index contributed by atoms with van der Waals surface area (Å²) in [5.74, 6) is -0.712. The minimum absolute atomic E-state index is 0.356. The van der Waals surface area contributed by atoms with Crippen molar-refractivity contribution >= 4 is 11.9 Å². The number of hydrogen-bond acceptors (Lipinski definition) is 3. The van der Waals surface area contributed by atoms with Crippen LogP contribution in [0.15, 0.2) is 12.7 Å². The summed E-state index contributed by atoms with van der Waals surface area (Å²) >= 11 is 0. The maximum Gasteiger partial charge on any atom is 0.313 e. The molecule has 0 spiro atoms. The van der Waals surface area contributed by atoms with Gasteiger partial charge in [0, 0.05) is 12.8 Å². The number of ether oxygens (including phenoxy) is 1. The van der Waals surface area contributed by atoms with Crippen LogP contribution in [0.25, 0.3) is 0 Å². The summed E-state index contributed by atoms with van der Waals surface area (Å²) in [7, 11) is 0. The van der Waals surface area contributed by atoms with Gasteiger partial charge in [-0.25, -0.2) is 0 Å². The standard InChI is InChI=1S/C19H34O3/c1-3-5-7-9-10-11-13-15-17-19(21)22-18(20)16-14-12-8-6-4-2/h3H,1,4-17H2,2H3. The highest BCUT2D eigenvalue weighted by Gasteiger charge is 2.09. The Morgan fingerprint density at radius 1 is 0.773 bits per heavy atom. The third-order valence-electron chi connectivity index (χ3n) is 3.75. The molecule has 0 saturated carbocycles. The summed E-state index contributed by atoms with van der Waals surface area (Å²) in [6, 6.07) is 0. The minimum atomic E-state index is -0.356. The van der Waals surface area contributed by atoms with Gasteiger partial charge in [0.15, 0.2) is 0 Å². The Labute approximate surface area is 136 Å². The van der Waals surface area contributed by atoms with Gasteiger partial charge in [0.05, 0.1) is 0 Å². The molecule has 0 fully saturated rings. The van der Waals surface area contributed by atoms with Crippen molar-refractivity contribution in [3.8, 4) is 0 Å². The van der Waals surface area contributed by atoms with Crippen molar-refractivity contribution in [3.05, 3.63) is 12.7 Å². The molecule has 128 valence electrons. The quantitative estimate of drug-likeness (QED) is 0.168. The molecule has 0 saturated heterocycles. The Kier molecular flexibility index (Phi) is 15.4. The molecule has 0 aliphatic rings. The molecule has 0 radical (unpaired) electrons. The lowest BCUT2D eigenvalue weighted by Crippen LogP contribution is -2.11. The Hall–Kier alpha value is -1.12. The third kappa shape index (κ3) is 15.3. The van der Waals surface area contributed by atoms with Gasteiger partial charge in [0.25, 0.3) is 0 Å². The molecule has 0 heterocycles. The van der Waals surface area contributed by atoms with Gasteiger partial charge in [-0.2, -0.15) is 0 Å². The minimum Gasteiger partial charge on any atom is -0.393 e. The highest BCUT2D eigenvalue weighted by molar-refractivity contribution is 5.85. The van der Waals surface area contributed by atoms with Gasteiger partial charge in [0.2, 0.25) is 0 Å². The van der Waals surface area contributed by atoms with E-state index in [1.807, 2.05) is 6.08 Å². The highest BCUT2D eigenvalue weighted by Crippen LogP contribution is 2.10. The second-order valence-corrected chi connectivity index (χ2v) is 5.96. The van der Waals surface area contributed by atoms with Crippen molar-refractivity contribution in [1.82, 2.24) is 0 Å².